The van der Waals surface area contributed by atoms with E-state index in [0.717, 1.165) is 11.1 Å². The second kappa shape index (κ2) is 4.63. The number of aliphatic hydroxyl groups excluding tert-OH is 1. The van der Waals surface area contributed by atoms with Gasteiger partial charge in [0.1, 0.15) is 0 Å². The van der Waals surface area contributed by atoms with Crippen LogP contribution in [0.3, 0.4) is 0 Å². The standard InChI is InChI=1S/C12H15NO3/c1-8(14)5-13-12(15)9-2-3-10-6-16-7-11(10)4-9/h2-4,8,14H,5-7H2,1H3,(H,13,15)/t8-/m1/s1. The molecular weight excluding hydrogens is 206 g/mol. The first-order valence-corrected chi connectivity index (χ1v) is 5.32. The van der Waals surface area contributed by atoms with E-state index in [0.29, 0.717) is 18.8 Å². The molecule has 0 saturated carbocycles. The van der Waals surface area contributed by atoms with E-state index in [9.17, 15) is 4.79 Å². The Kier molecular flexibility index (Phi) is 3.22. The normalized spacial score (nSPS) is 15.6. The van der Waals surface area contributed by atoms with Gasteiger partial charge in [-0.05, 0) is 30.2 Å². The molecule has 4 nitrogen and oxygen atoms in total. The molecule has 1 aliphatic rings. The Morgan fingerprint density at radius 1 is 1.50 bits per heavy atom. The zero-order valence-corrected chi connectivity index (χ0v) is 9.19. The van der Waals surface area contributed by atoms with Crippen LogP contribution in [-0.4, -0.2) is 23.7 Å². The molecule has 1 amide bonds. The van der Waals surface area contributed by atoms with Crippen LogP contribution in [0.4, 0.5) is 0 Å². The van der Waals surface area contributed by atoms with Crippen molar-refractivity contribution < 1.29 is 14.6 Å². The minimum atomic E-state index is -0.526. The van der Waals surface area contributed by atoms with Gasteiger partial charge >= 0.3 is 0 Å². The summed E-state index contributed by atoms with van der Waals surface area (Å²) in [5, 5.41) is 11.7. The highest BCUT2D eigenvalue weighted by Crippen LogP contribution is 2.20. The molecule has 0 aliphatic carbocycles. The van der Waals surface area contributed by atoms with Crippen LogP contribution in [0.15, 0.2) is 18.2 Å². The van der Waals surface area contributed by atoms with Gasteiger partial charge in [-0.3, -0.25) is 4.79 Å². The second-order valence-corrected chi connectivity index (χ2v) is 4.04. The van der Waals surface area contributed by atoms with Crippen LogP contribution in [0.1, 0.15) is 28.4 Å². The van der Waals surface area contributed by atoms with Crippen molar-refractivity contribution in [3.8, 4) is 0 Å². The smallest absolute Gasteiger partial charge is 0.251 e. The summed E-state index contributed by atoms with van der Waals surface area (Å²) in [5.41, 5.74) is 2.83. The van der Waals surface area contributed by atoms with Crippen molar-refractivity contribution in [3.63, 3.8) is 0 Å². The molecule has 2 N–H and O–H groups in total. The molecule has 1 atom stereocenters. The second-order valence-electron chi connectivity index (χ2n) is 4.04. The van der Waals surface area contributed by atoms with Crippen LogP contribution in [0.2, 0.25) is 0 Å². The summed E-state index contributed by atoms with van der Waals surface area (Å²) in [4.78, 5) is 11.7. The van der Waals surface area contributed by atoms with Crippen LogP contribution in [0.25, 0.3) is 0 Å². The number of carbonyl (C=O) groups is 1. The number of fused-ring (bicyclic) bond motifs is 1. The van der Waals surface area contributed by atoms with Gasteiger partial charge in [0, 0.05) is 12.1 Å². The maximum Gasteiger partial charge on any atom is 0.251 e. The molecule has 0 fully saturated rings. The number of hydrogen-bond acceptors (Lipinski definition) is 3. The average Bonchev–Trinajstić information content (AvgIpc) is 2.72. The quantitative estimate of drug-likeness (QED) is 0.794. The Morgan fingerprint density at radius 2 is 2.25 bits per heavy atom. The lowest BCUT2D eigenvalue weighted by atomic mass is 10.1. The molecular formula is C12H15NO3. The Labute approximate surface area is 94.2 Å². The maximum atomic E-state index is 11.7. The summed E-state index contributed by atoms with van der Waals surface area (Å²) < 4.78 is 5.28. The first kappa shape index (κ1) is 11.1. The highest BCUT2D eigenvalue weighted by Gasteiger charge is 2.14. The SMILES string of the molecule is C[C@@H](O)CNC(=O)c1ccc2c(c1)COC2. The molecule has 1 heterocycles. The molecule has 0 aromatic heterocycles. The van der Waals surface area contributed by atoms with Gasteiger partial charge in [-0.25, -0.2) is 0 Å². The average molecular weight is 221 g/mol. The number of carbonyl (C=O) groups excluding carboxylic acids is 1. The van der Waals surface area contributed by atoms with E-state index < -0.39 is 6.10 Å². The third kappa shape index (κ3) is 2.40. The minimum absolute atomic E-state index is 0.157. The third-order valence-corrected chi connectivity index (χ3v) is 2.54. The third-order valence-electron chi connectivity index (χ3n) is 2.54. The van der Waals surface area contributed by atoms with E-state index in [1.54, 1.807) is 13.0 Å². The topological polar surface area (TPSA) is 58.6 Å². The molecule has 86 valence electrons. The van der Waals surface area contributed by atoms with Crippen molar-refractivity contribution in [2.45, 2.75) is 26.2 Å². The van der Waals surface area contributed by atoms with E-state index in [2.05, 4.69) is 5.32 Å². The monoisotopic (exact) mass is 221 g/mol. The van der Waals surface area contributed by atoms with Crippen LogP contribution in [-0.2, 0) is 18.0 Å². The molecule has 2 rings (SSSR count). The summed E-state index contributed by atoms with van der Waals surface area (Å²) in [7, 11) is 0. The molecule has 0 spiro atoms. The van der Waals surface area contributed by atoms with E-state index in [-0.39, 0.29) is 12.5 Å². The number of benzene rings is 1. The Balaban J connectivity index is 2.06. The first-order valence-electron chi connectivity index (χ1n) is 5.32. The molecule has 0 unspecified atom stereocenters. The van der Waals surface area contributed by atoms with Gasteiger partial charge in [-0.1, -0.05) is 6.07 Å². The number of rotatable bonds is 3. The molecule has 4 heteroatoms. The fourth-order valence-electron chi connectivity index (χ4n) is 1.66. The molecule has 1 aromatic carbocycles. The van der Waals surface area contributed by atoms with Crippen molar-refractivity contribution in [1.29, 1.82) is 0 Å². The lowest BCUT2D eigenvalue weighted by Crippen LogP contribution is -2.30. The Bertz CT molecular complexity index is 401. The number of amides is 1. The summed E-state index contributed by atoms with van der Waals surface area (Å²) in [6, 6.07) is 5.55. The van der Waals surface area contributed by atoms with Gasteiger partial charge in [0.2, 0.25) is 0 Å². The van der Waals surface area contributed by atoms with Crippen molar-refractivity contribution in [2.24, 2.45) is 0 Å². The van der Waals surface area contributed by atoms with Crippen LogP contribution < -0.4 is 5.32 Å². The van der Waals surface area contributed by atoms with Gasteiger partial charge in [0.25, 0.3) is 5.91 Å². The zero-order valence-electron chi connectivity index (χ0n) is 9.19. The molecule has 0 radical (unpaired) electrons. The predicted octanol–water partition coefficient (Wildman–Crippen LogP) is 0.827. The zero-order chi connectivity index (χ0) is 11.5. The van der Waals surface area contributed by atoms with Crippen molar-refractivity contribution in [2.75, 3.05) is 6.54 Å². The van der Waals surface area contributed by atoms with Gasteiger partial charge < -0.3 is 15.2 Å². The molecule has 0 bridgehead atoms. The van der Waals surface area contributed by atoms with Gasteiger partial charge in [-0.15, -0.1) is 0 Å². The summed E-state index contributed by atoms with van der Waals surface area (Å²) in [6.45, 7) is 3.11. The molecule has 16 heavy (non-hydrogen) atoms. The summed E-state index contributed by atoms with van der Waals surface area (Å²) in [6.07, 6.45) is -0.526. The lowest BCUT2D eigenvalue weighted by Gasteiger charge is -2.07. The Hall–Kier alpha value is -1.39. The fraction of sp³-hybridized carbons (Fsp3) is 0.417. The highest BCUT2D eigenvalue weighted by molar-refractivity contribution is 5.94. The Morgan fingerprint density at radius 3 is 3.00 bits per heavy atom. The van der Waals surface area contributed by atoms with Crippen molar-refractivity contribution in [1.82, 2.24) is 5.32 Å². The summed E-state index contributed by atoms with van der Waals surface area (Å²) in [5.74, 6) is -0.157. The predicted molar refractivity (Wildman–Crippen MR) is 58.9 cm³/mol. The number of hydrogen-bond donors (Lipinski definition) is 2. The van der Waals surface area contributed by atoms with E-state index in [4.69, 9.17) is 9.84 Å². The maximum absolute atomic E-state index is 11.7. The van der Waals surface area contributed by atoms with E-state index in [1.807, 2.05) is 12.1 Å². The number of aliphatic hydroxyl groups is 1. The van der Waals surface area contributed by atoms with Gasteiger partial charge in [0.05, 0.1) is 19.3 Å². The van der Waals surface area contributed by atoms with E-state index >= 15 is 0 Å². The van der Waals surface area contributed by atoms with Crippen molar-refractivity contribution in [3.05, 3.63) is 34.9 Å². The van der Waals surface area contributed by atoms with Crippen LogP contribution in [0, 0.1) is 0 Å². The lowest BCUT2D eigenvalue weighted by molar-refractivity contribution is 0.0924. The fourth-order valence-corrected chi connectivity index (χ4v) is 1.66. The van der Waals surface area contributed by atoms with E-state index in [1.165, 1.54) is 0 Å². The van der Waals surface area contributed by atoms with Crippen LogP contribution in [0.5, 0.6) is 0 Å². The molecule has 0 saturated heterocycles. The van der Waals surface area contributed by atoms with Crippen LogP contribution >= 0.6 is 0 Å². The molecule has 1 aromatic rings. The molecule has 1 aliphatic heterocycles. The van der Waals surface area contributed by atoms with Gasteiger partial charge in [0.15, 0.2) is 0 Å². The largest absolute Gasteiger partial charge is 0.392 e. The summed E-state index contributed by atoms with van der Waals surface area (Å²) >= 11 is 0. The number of ether oxygens (including phenoxy) is 1. The van der Waals surface area contributed by atoms with Gasteiger partial charge in [-0.2, -0.15) is 0 Å². The highest BCUT2D eigenvalue weighted by atomic mass is 16.5. The first-order chi connectivity index (χ1) is 7.66. The van der Waals surface area contributed by atoms with Crippen molar-refractivity contribution >= 4 is 5.91 Å². The number of nitrogens with one attached hydrogen (secondary N) is 1. The minimum Gasteiger partial charge on any atom is -0.392 e.